The Kier molecular flexibility index (Phi) is 3.94. The van der Waals surface area contributed by atoms with Crippen LogP contribution >= 0.6 is 15.9 Å². The number of esters is 1. The third-order valence-electron chi connectivity index (χ3n) is 2.32. The van der Waals surface area contributed by atoms with Crippen molar-refractivity contribution in [3.05, 3.63) is 40.3 Å². The quantitative estimate of drug-likeness (QED) is 0.637. The van der Waals surface area contributed by atoms with Crippen molar-refractivity contribution in [1.29, 1.82) is 0 Å². The van der Waals surface area contributed by atoms with Crippen LogP contribution < -0.4 is 0 Å². The van der Waals surface area contributed by atoms with Crippen molar-refractivity contribution in [2.45, 2.75) is 6.92 Å². The molecule has 1 aromatic heterocycles. The minimum atomic E-state index is -1.13. The number of carbonyl (C=O) groups excluding carboxylic acids is 1. The topological polar surface area (TPSA) is 52.3 Å². The van der Waals surface area contributed by atoms with Crippen LogP contribution in [0.3, 0.4) is 0 Å². The summed E-state index contributed by atoms with van der Waals surface area (Å²) in [6.07, 6.45) is 0.973. The second-order valence-corrected chi connectivity index (χ2v) is 4.33. The Bertz CT molecular complexity index is 627. The number of ether oxygens (including phenoxy) is 1. The normalized spacial score (nSPS) is 10.5. The van der Waals surface area contributed by atoms with Crippen LogP contribution in [0.5, 0.6) is 0 Å². The van der Waals surface area contributed by atoms with Crippen LogP contribution in [0.1, 0.15) is 17.4 Å². The Morgan fingerprint density at radius 1 is 1.42 bits per heavy atom. The molecule has 0 spiro atoms. The van der Waals surface area contributed by atoms with Gasteiger partial charge in [-0.1, -0.05) is 0 Å². The zero-order chi connectivity index (χ0) is 14.0. The van der Waals surface area contributed by atoms with Gasteiger partial charge in [-0.3, -0.25) is 0 Å². The molecular weight excluding hydrogens is 324 g/mol. The summed E-state index contributed by atoms with van der Waals surface area (Å²) in [5.41, 5.74) is -0.385. The van der Waals surface area contributed by atoms with Gasteiger partial charge in [0.1, 0.15) is 0 Å². The monoisotopic (exact) mass is 331 g/mol. The number of rotatable bonds is 3. The van der Waals surface area contributed by atoms with Crippen LogP contribution in [0.25, 0.3) is 11.3 Å². The van der Waals surface area contributed by atoms with Gasteiger partial charge in [0.25, 0.3) is 0 Å². The first-order chi connectivity index (χ1) is 9.06. The van der Waals surface area contributed by atoms with Crippen LogP contribution in [0.4, 0.5) is 8.78 Å². The van der Waals surface area contributed by atoms with Gasteiger partial charge in [0.15, 0.2) is 29.5 Å². The van der Waals surface area contributed by atoms with Crippen LogP contribution in [-0.4, -0.2) is 17.6 Å². The molecule has 19 heavy (non-hydrogen) atoms. The second-order valence-electron chi connectivity index (χ2n) is 3.47. The highest BCUT2D eigenvalue weighted by atomic mass is 79.9. The Balaban J connectivity index is 2.52. The van der Waals surface area contributed by atoms with Crippen LogP contribution in [0.15, 0.2) is 27.4 Å². The van der Waals surface area contributed by atoms with Crippen molar-refractivity contribution in [3.63, 3.8) is 0 Å². The molecule has 0 aliphatic rings. The maximum Gasteiger partial charge on any atom is 0.360 e. The molecule has 1 aromatic carbocycles. The van der Waals surface area contributed by atoms with Crippen molar-refractivity contribution >= 4 is 21.9 Å². The lowest BCUT2D eigenvalue weighted by Gasteiger charge is -2.04. The van der Waals surface area contributed by atoms with Gasteiger partial charge in [0.05, 0.1) is 16.6 Å². The summed E-state index contributed by atoms with van der Waals surface area (Å²) in [6, 6.07) is 2.59. The minimum Gasteiger partial charge on any atom is -0.461 e. The largest absolute Gasteiger partial charge is 0.461 e. The molecule has 0 radical (unpaired) electrons. The molecule has 0 N–H and O–H groups in total. The number of carbonyl (C=O) groups is 1. The number of nitrogens with zero attached hydrogens (tertiary/aromatic N) is 1. The highest BCUT2D eigenvalue weighted by molar-refractivity contribution is 9.10. The highest BCUT2D eigenvalue weighted by Gasteiger charge is 2.24. The standard InChI is InChI=1S/C12H8BrF2NO3/c1-2-18-12(17)10-11(19-5-16-10)6-3-4-7(13)9(15)8(6)14/h3-5H,2H2,1H3. The van der Waals surface area contributed by atoms with E-state index in [2.05, 4.69) is 20.9 Å². The highest BCUT2D eigenvalue weighted by Crippen LogP contribution is 2.30. The first-order valence-corrected chi connectivity index (χ1v) is 6.10. The van der Waals surface area contributed by atoms with Crippen molar-refractivity contribution in [3.8, 4) is 11.3 Å². The summed E-state index contributed by atoms with van der Waals surface area (Å²) in [5.74, 6) is -3.11. The first kappa shape index (κ1) is 13.7. The average Bonchev–Trinajstić information content (AvgIpc) is 2.85. The van der Waals surface area contributed by atoms with E-state index >= 15 is 0 Å². The van der Waals surface area contributed by atoms with E-state index in [0.717, 1.165) is 6.39 Å². The van der Waals surface area contributed by atoms with Gasteiger partial charge in [-0.15, -0.1) is 0 Å². The maximum atomic E-state index is 13.8. The van der Waals surface area contributed by atoms with Gasteiger partial charge in [-0.25, -0.2) is 18.6 Å². The molecule has 7 heteroatoms. The second kappa shape index (κ2) is 5.48. The van der Waals surface area contributed by atoms with Crippen LogP contribution in [-0.2, 0) is 4.74 Å². The van der Waals surface area contributed by atoms with E-state index in [1.165, 1.54) is 12.1 Å². The van der Waals surface area contributed by atoms with Gasteiger partial charge in [0, 0.05) is 0 Å². The Labute approximate surface area is 115 Å². The Morgan fingerprint density at radius 3 is 2.84 bits per heavy atom. The number of halogens is 3. The summed E-state index contributed by atoms with van der Waals surface area (Å²) in [7, 11) is 0. The zero-order valence-corrected chi connectivity index (χ0v) is 11.3. The molecule has 0 saturated heterocycles. The van der Waals surface area contributed by atoms with Gasteiger partial charge < -0.3 is 9.15 Å². The SMILES string of the molecule is CCOC(=O)c1ncoc1-c1ccc(Br)c(F)c1F. The van der Waals surface area contributed by atoms with Crippen molar-refractivity contribution in [2.24, 2.45) is 0 Å². The summed E-state index contributed by atoms with van der Waals surface area (Å²) >= 11 is 2.86. The molecule has 0 amide bonds. The molecule has 0 aliphatic carbocycles. The number of hydrogen-bond donors (Lipinski definition) is 0. The molecule has 0 aliphatic heterocycles. The molecule has 4 nitrogen and oxygen atoms in total. The molecule has 0 fully saturated rings. The van der Waals surface area contributed by atoms with Gasteiger partial charge in [-0.05, 0) is 35.0 Å². The Morgan fingerprint density at radius 2 is 2.16 bits per heavy atom. The van der Waals surface area contributed by atoms with E-state index in [0.29, 0.717) is 0 Å². The minimum absolute atomic E-state index is 0.0223. The number of aromatic nitrogens is 1. The molecule has 2 rings (SSSR count). The van der Waals surface area contributed by atoms with Crippen LogP contribution in [0, 0.1) is 11.6 Å². The number of oxazole rings is 1. The number of hydrogen-bond acceptors (Lipinski definition) is 4. The zero-order valence-electron chi connectivity index (χ0n) is 9.75. The van der Waals surface area contributed by atoms with Crippen molar-refractivity contribution in [2.75, 3.05) is 6.61 Å². The maximum absolute atomic E-state index is 13.8. The summed E-state index contributed by atoms with van der Waals surface area (Å²) < 4.78 is 37.0. The summed E-state index contributed by atoms with van der Waals surface area (Å²) in [4.78, 5) is 15.3. The van der Waals surface area contributed by atoms with Crippen molar-refractivity contribution in [1.82, 2.24) is 4.98 Å². The number of benzene rings is 1. The molecular formula is C12H8BrF2NO3. The van der Waals surface area contributed by atoms with Crippen molar-refractivity contribution < 1.29 is 22.7 Å². The van der Waals surface area contributed by atoms with Gasteiger partial charge in [-0.2, -0.15) is 0 Å². The predicted molar refractivity (Wildman–Crippen MR) is 65.5 cm³/mol. The first-order valence-electron chi connectivity index (χ1n) is 5.30. The molecule has 0 atom stereocenters. The fraction of sp³-hybridized carbons (Fsp3) is 0.167. The van der Waals surface area contributed by atoms with E-state index in [9.17, 15) is 13.6 Å². The fourth-order valence-corrected chi connectivity index (χ4v) is 1.79. The lowest BCUT2D eigenvalue weighted by molar-refractivity contribution is 0.0520. The van der Waals surface area contributed by atoms with E-state index in [1.54, 1.807) is 6.92 Å². The average molecular weight is 332 g/mol. The summed E-state index contributed by atoms with van der Waals surface area (Å²) in [5, 5.41) is 0. The fourth-order valence-electron chi connectivity index (χ4n) is 1.48. The third-order valence-corrected chi connectivity index (χ3v) is 2.93. The molecule has 0 saturated carbocycles. The lowest BCUT2D eigenvalue weighted by atomic mass is 10.1. The lowest BCUT2D eigenvalue weighted by Crippen LogP contribution is -2.07. The predicted octanol–water partition coefficient (Wildman–Crippen LogP) is 3.56. The van der Waals surface area contributed by atoms with Gasteiger partial charge >= 0.3 is 5.97 Å². The van der Waals surface area contributed by atoms with E-state index < -0.39 is 17.6 Å². The van der Waals surface area contributed by atoms with E-state index in [1.807, 2.05) is 0 Å². The van der Waals surface area contributed by atoms with Gasteiger partial charge in [0.2, 0.25) is 0 Å². The molecule has 2 aromatic rings. The third kappa shape index (κ3) is 2.51. The molecule has 0 unspecified atom stereocenters. The molecule has 0 bridgehead atoms. The van der Waals surface area contributed by atoms with E-state index in [-0.39, 0.29) is 28.1 Å². The Hall–Kier alpha value is -1.76. The summed E-state index contributed by atoms with van der Waals surface area (Å²) in [6.45, 7) is 1.76. The van der Waals surface area contributed by atoms with E-state index in [4.69, 9.17) is 9.15 Å². The smallest absolute Gasteiger partial charge is 0.360 e. The molecule has 100 valence electrons. The van der Waals surface area contributed by atoms with Crippen LogP contribution in [0.2, 0.25) is 0 Å². The molecule has 1 heterocycles.